The fraction of sp³-hybridized carbons (Fsp3) is 0.429. The topological polar surface area (TPSA) is 57.6 Å². The lowest BCUT2D eigenvalue weighted by Crippen LogP contribution is -2.33. The average molecular weight is 279 g/mol. The number of hydrogen-bond acceptors (Lipinski definition) is 3. The van der Waals surface area contributed by atoms with Gasteiger partial charge < -0.3 is 10.0 Å². The summed E-state index contributed by atoms with van der Waals surface area (Å²) in [7, 11) is 0. The Morgan fingerprint density at radius 1 is 1.47 bits per heavy atom. The van der Waals surface area contributed by atoms with Crippen molar-refractivity contribution in [2.75, 3.05) is 6.54 Å². The first-order valence-corrected chi connectivity index (χ1v) is 7.25. The second-order valence-electron chi connectivity index (χ2n) is 4.60. The van der Waals surface area contributed by atoms with Gasteiger partial charge in [0, 0.05) is 23.5 Å². The van der Waals surface area contributed by atoms with Crippen molar-refractivity contribution in [3.05, 3.63) is 28.0 Å². The van der Waals surface area contributed by atoms with E-state index in [1.165, 1.54) is 17.4 Å². The number of carboxylic acids is 1. The van der Waals surface area contributed by atoms with Crippen molar-refractivity contribution in [1.29, 1.82) is 0 Å². The number of aliphatic carboxylic acids is 1. The van der Waals surface area contributed by atoms with Crippen LogP contribution < -0.4 is 0 Å². The van der Waals surface area contributed by atoms with E-state index in [2.05, 4.69) is 6.92 Å². The molecule has 102 valence electrons. The lowest BCUT2D eigenvalue weighted by atomic mass is 10.3. The molecule has 19 heavy (non-hydrogen) atoms. The van der Waals surface area contributed by atoms with Crippen LogP contribution in [-0.4, -0.2) is 34.5 Å². The van der Waals surface area contributed by atoms with E-state index in [1.807, 2.05) is 4.90 Å². The molecule has 1 N–H and O–H groups in total. The predicted octanol–water partition coefficient (Wildman–Crippen LogP) is 2.86. The normalized spacial score (nSPS) is 14.8. The zero-order chi connectivity index (χ0) is 13.8. The summed E-state index contributed by atoms with van der Waals surface area (Å²) in [6.07, 6.45) is 5.76. The Hall–Kier alpha value is -1.62. The molecule has 1 aliphatic rings. The van der Waals surface area contributed by atoms with E-state index in [0.29, 0.717) is 10.9 Å². The summed E-state index contributed by atoms with van der Waals surface area (Å²) < 4.78 is 0. The lowest BCUT2D eigenvalue weighted by molar-refractivity contribution is -0.131. The van der Waals surface area contributed by atoms with Gasteiger partial charge in [-0.15, -0.1) is 11.3 Å². The summed E-state index contributed by atoms with van der Waals surface area (Å²) in [6, 6.07) is 3.97. The van der Waals surface area contributed by atoms with Gasteiger partial charge in [0.15, 0.2) is 0 Å². The molecule has 1 aliphatic carbocycles. The van der Waals surface area contributed by atoms with Gasteiger partial charge in [0.1, 0.15) is 0 Å². The van der Waals surface area contributed by atoms with Crippen molar-refractivity contribution in [2.45, 2.75) is 32.2 Å². The van der Waals surface area contributed by atoms with E-state index in [1.54, 1.807) is 12.1 Å². The molecule has 1 aromatic heterocycles. The van der Waals surface area contributed by atoms with Gasteiger partial charge in [-0.05, 0) is 37.5 Å². The number of carboxylic acid groups (broad SMARTS) is 1. The van der Waals surface area contributed by atoms with Crippen LogP contribution in [0.2, 0.25) is 0 Å². The van der Waals surface area contributed by atoms with Gasteiger partial charge >= 0.3 is 5.97 Å². The number of rotatable bonds is 6. The molecule has 4 nitrogen and oxygen atoms in total. The van der Waals surface area contributed by atoms with Crippen LogP contribution in [0.1, 0.15) is 40.7 Å². The number of carbonyl (C=O) groups is 2. The van der Waals surface area contributed by atoms with E-state index in [9.17, 15) is 9.59 Å². The minimum absolute atomic E-state index is 0.0734. The monoisotopic (exact) mass is 279 g/mol. The van der Waals surface area contributed by atoms with E-state index >= 15 is 0 Å². The molecule has 0 radical (unpaired) electrons. The number of nitrogens with zero attached hydrogens (tertiary/aromatic N) is 1. The Labute approximate surface area is 116 Å². The summed E-state index contributed by atoms with van der Waals surface area (Å²) in [5.74, 6) is -0.906. The molecule has 1 heterocycles. The molecular weight excluding hydrogens is 262 g/mol. The minimum Gasteiger partial charge on any atom is -0.478 e. The molecule has 1 aromatic rings. The molecule has 0 saturated heterocycles. The summed E-state index contributed by atoms with van der Waals surface area (Å²) in [6.45, 7) is 2.86. The predicted molar refractivity (Wildman–Crippen MR) is 75.3 cm³/mol. The van der Waals surface area contributed by atoms with Crippen molar-refractivity contribution in [2.24, 2.45) is 0 Å². The zero-order valence-corrected chi connectivity index (χ0v) is 11.7. The van der Waals surface area contributed by atoms with Gasteiger partial charge in [0.05, 0.1) is 4.88 Å². The van der Waals surface area contributed by atoms with E-state index in [-0.39, 0.29) is 5.91 Å². The van der Waals surface area contributed by atoms with Crippen LogP contribution >= 0.6 is 11.3 Å². The summed E-state index contributed by atoms with van der Waals surface area (Å²) in [4.78, 5) is 26.2. The van der Waals surface area contributed by atoms with Crippen LogP contribution in [0.3, 0.4) is 0 Å². The quantitative estimate of drug-likeness (QED) is 0.815. The number of thiophene rings is 1. The summed E-state index contributed by atoms with van der Waals surface area (Å²) in [5.41, 5.74) is 0. The molecule has 0 aromatic carbocycles. The number of carbonyl (C=O) groups excluding carboxylic acids is 1. The van der Waals surface area contributed by atoms with E-state index < -0.39 is 5.97 Å². The first kappa shape index (κ1) is 13.8. The van der Waals surface area contributed by atoms with Crippen LogP contribution in [0, 0.1) is 0 Å². The third kappa shape index (κ3) is 3.67. The van der Waals surface area contributed by atoms with Crippen molar-refractivity contribution < 1.29 is 14.7 Å². The summed E-state index contributed by atoms with van der Waals surface area (Å²) >= 11 is 1.34. The van der Waals surface area contributed by atoms with Crippen LogP contribution in [-0.2, 0) is 4.79 Å². The number of hydrogen-bond donors (Lipinski definition) is 1. The van der Waals surface area contributed by atoms with Gasteiger partial charge in [0.2, 0.25) is 0 Å². The molecule has 5 heteroatoms. The standard InChI is InChI=1S/C14H17NO3S/c1-2-9-15(10-3-4-10)14(18)12-7-5-11(19-12)6-8-13(16)17/h5-8,10H,2-4,9H2,1H3,(H,16,17)/b8-6+. The lowest BCUT2D eigenvalue weighted by Gasteiger charge is -2.20. The SMILES string of the molecule is CCCN(C(=O)c1ccc(/C=C/C(=O)O)s1)C1CC1. The van der Waals surface area contributed by atoms with Crippen molar-refractivity contribution in [3.63, 3.8) is 0 Å². The van der Waals surface area contributed by atoms with Gasteiger partial charge in [-0.2, -0.15) is 0 Å². The minimum atomic E-state index is -0.980. The Balaban J connectivity index is 2.08. The van der Waals surface area contributed by atoms with Gasteiger partial charge in [-0.3, -0.25) is 4.79 Å². The van der Waals surface area contributed by atoms with Gasteiger partial charge in [0.25, 0.3) is 5.91 Å². The smallest absolute Gasteiger partial charge is 0.328 e. The van der Waals surface area contributed by atoms with Crippen LogP contribution in [0.4, 0.5) is 0 Å². The molecule has 0 atom stereocenters. The van der Waals surface area contributed by atoms with E-state index in [0.717, 1.165) is 36.8 Å². The Kier molecular flexibility index (Phi) is 4.37. The fourth-order valence-corrected chi connectivity index (χ4v) is 2.80. The zero-order valence-electron chi connectivity index (χ0n) is 10.8. The Bertz CT molecular complexity index is 503. The molecule has 2 rings (SSSR count). The van der Waals surface area contributed by atoms with Crippen LogP contribution in [0.5, 0.6) is 0 Å². The highest BCUT2D eigenvalue weighted by molar-refractivity contribution is 7.14. The molecule has 0 bridgehead atoms. The molecule has 0 aliphatic heterocycles. The number of amides is 1. The maximum atomic E-state index is 12.4. The Morgan fingerprint density at radius 2 is 2.21 bits per heavy atom. The maximum Gasteiger partial charge on any atom is 0.328 e. The van der Waals surface area contributed by atoms with Crippen molar-refractivity contribution in [3.8, 4) is 0 Å². The largest absolute Gasteiger partial charge is 0.478 e. The molecule has 0 unspecified atom stereocenters. The second-order valence-corrected chi connectivity index (χ2v) is 5.72. The fourth-order valence-electron chi connectivity index (χ4n) is 1.93. The third-order valence-electron chi connectivity index (χ3n) is 2.94. The van der Waals surface area contributed by atoms with E-state index in [4.69, 9.17) is 5.11 Å². The first-order valence-electron chi connectivity index (χ1n) is 6.43. The van der Waals surface area contributed by atoms with Gasteiger partial charge in [-0.25, -0.2) is 4.79 Å². The molecule has 0 spiro atoms. The van der Waals surface area contributed by atoms with Crippen LogP contribution in [0.15, 0.2) is 18.2 Å². The second kappa shape index (κ2) is 6.02. The Morgan fingerprint density at radius 3 is 2.79 bits per heavy atom. The summed E-state index contributed by atoms with van der Waals surface area (Å²) in [5, 5.41) is 8.57. The van der Waals surface area contributed by atoms with Gasteiger partial charge in [-0.1, -0.05) is 6.92 Å². The van der Waals surface area contributed by atoms with Crippen LogP contribution in [0.25, 0.3) is 6.08 Å². The van der Waals surface area contributed by atoms with Crippen molar-refractivity contribution >= 4 is 29.3 Å². The molecule has 1 amide bonds. The molecular formula is C14H17NO3S. The highest BCUT2D eigenvalue weighted by Crippen LogP contribution is 2.30. The third-order valence-corrected chi connectivity index (χ3v) is 3.98. The average Bonchev–Trinajstić information content (AvgIpc) is 3.10. The molecule has 1 fully saturated rings. The first-order chi connectivity index (χ1) is 9.11. The maximum absolute atomic E-state index is 12.4. The molecule has 1 saturated carbocycles. The highest BCUT2D eigenvalue weighted by atomic mass is 32.1. The highest BCUT2D eigenvalue weighted by Gasteiger charge is 2.32. The van der Waals surface area contributed by atoms with Crippen molar-refractivity contribution in [1.82, 2.24) is 4.90 Å².